The van der Waals surface area contributed by atoms with Crippen LogP contribution in [0.25, 0.3) is 0 Å². The van der Waals surface area contributed by atoms with Gasteiger partial charge in [-0.2, -0.15) is 5.10 Å². The van der Waals surface area contributed by atoms with E-state index in [1.165, 1.54) is 12.8 Å². The van der Waals surface area contributed by atoms with Crippen molar-refractivity contribution in [3.05, 3.63) is 18.0 Å². The van der Waals surface area contributed by atoms with Crippen molar-refractivity contribution in [3.8, 4) is 0 Å². The monoisotopic (exact) mass is 263 g/mol. The summed E-state index contributed by atoms with van der Waals surface area (Å²) in [5.74, 6) is 0.249. The summed E-state index contributed by atoms with van der Waals surface area (Å²) in [5.41, 5.74) is 0.432. The Morgan fingerprint density at radius 2 is 1.95 bits per heavy atom. The van der Waals surface area contributed by atoms with Crippen molar-refractivity contribution in [2.45, 2.75) is 57.5 Å². The first-order valence-corrected chi connectivity index (χ1v) is 7.36. The fraction of sp³-hybridized carbons (Fsp3) is 0.733. The number of Topliss-reactive ketones (excluding diaryl/α,β-unsaturated/α-hetero) is 1. The number of rotatable bonds is 4. The summed E-state index contributed by atoms with van der Waals surface area (Å²) in [5, 5.41) is 4.24. The standard InChI is InChI=1S/C15H25N3O/c1-4-18-13(9-12-16-18)14(19)15(17(2)3)10-7-5-6-8-11-15/h9,12H,4-8,10-11H2,1-3H3. The SMILES string of the molecule is CCn1nccc1C(=O)C1(N(C)C)CCCCCC1. The molecule has 0 unspecified atom stereocenters. The highest BCUT2D eigenvalue weighted by atomic mass is 16.1. The largest absolute Gasteiger partial charge is 0.297 e. The summed E-state index contributed by atoms with van der Waals surface area (Å²) in [7, 11) is 4.08. The van der Waals surface area contributed by atoms with Gasteiger partial charge < -0.3 is 0 Å². The van der Waals surface area contributed by atoms with Gasteiger partial charge >= 0.3 is 0 Å². The van der Waals surface area contributed by atoms with Crippen molar-refractivity contribution in [2.75, 3.05) is 14.1 Å². The Labute approximate surface area is 115 Å². The quantitative estimate of drug-likeness (QED) is 0.619. The van der Waals surface area contributed by atoms with Crippen LogP contribution in [0.3, 0.4) is 0 Å². The van der Waals surface area contributed by atoms with Gasteiger partial charge in [0.15, 0.2) is 0 Å². The van der Waals surface area contributed by atoms with Crippen LogP contribution in [0.5, 0.6) is 0 Å². The van der Waals surface area contributed by atoms with Crippen molar-refractivity contribution in [1.29, 1.82) is 0 Å². The normalized spacial score (nSPS) is 19.4. The average molecular weight is 263 g/mol. The molecule has 1 aliphatic carbocycles. The van der Waals surface area contributed by atoms with E-state index in [2.05, 4.69) is 10.00 Å². The second kappa shape index (κ2) is 5.87. The van der Waals surface area contributed by atoms with Crippen molar-refractivity contribution in [1.82, 2.24) is 14.7 Å². The third kappa shape index (κ3) is 2.59. The van der Waals surface area contributed by atoms with E-state index in [4.69, 9.17) is 0 Å². The maximum atomic E-state index is 13.1. The maximum absolute atomic E-state index is 13.1. The summed E-state index contributed by atoms with van der Waals surface area (Å²) in [6, 6.07) is 1.86. The van der Waals surface area contributed by atoms with Gasteiger partial charge in [0, 0.05) is 12.7 Å². The molecule has 4 heteroatoms. The van der Waals surface area contributed by atoms with E-state index >= 15 is 0 Å². The molecule has 4 nitrogen and oxygen atoms in total. The molecule has 0 amide bonds. The van der Waals surface area contributed by atoms with Crippen molar-refractivity contribution >= 4 is 5.78 Å². The van der Waals surface area contributed by atoms with Crippen LogP contribution < -0.4 is 0 Å². The zero-order valence-corrected chi connectivity index (χ0v) is 12.4. The van der Waals surface area contributed by atoms with E-state index in [-0.39, 0.29) is 11.3 Å². The molecule has 0 aliphatic heterocycles. The van der Waals surface area contributed by atoms with Crippen LogP contribution in [0.2, 0.25) is 0 Å². The van der Waals surface area contributed by atoms with Crippen LogP contribution in [0.1, 0.15) is 55.9 Å². The molecular formula is C15H25N3O. The molecule has 1 heterocycles. The van der Waals surface area contributed by atoms with Gasteiger partial charge in [-0.05, 0) is 39.9 Å². The fourth-order valence-electron chi connectivity index (χ4n) is 3.21. The molecule has 0 bridgehead atoms. The number of ketones is 1. The molecule has 0 aromatic carbocycles. The fourth-order valence-corrected chi connectivity index (χ4v) is 3.21. The van der Waals surface area contributed by atoms with Gasteiger partial charge in [0.05, 0.1) is 5.54 Å². The Morgan fingerprint density at radius 1 is 1.32 bits per heavy atom. The highest BCUT2D eigenvalue weighted by molar-refractivity contribution is 6.01. The molecule has 0 spiro atoms. The zero-order valence-electron chi connectivity index (χ0n) is 12.4. The molecule has 0 saturated heterocycles. The van der Waals surface area contributed by atoms with Gasteiger partial charge in [0.1, 0.15) is 5.69 Å². The van der Waals surface area contributed by atoms with Gasteiger partial charge in [0.2, 0.25) is 5.78 Å². The van der Waals surface area contributed by atoms with Crippen LogP contribution in [0, 0.1) is 0 Å². The first-order valence-electron chi connectivity index (χ1n) is 7.36. The molecule has 0 atom stereocenters. The lowest BCUT2D eigenvalue weighted by Gasteiger charge is -2.38. The average Bonchev–Trinajstić information content (AvgIpc) is 2.73. The summed E-state index contributed by atoms with van der Waals surface area (Å²) in [6.45, 7) is 2.77. The molecule has 0 N–H and O–H groups in total. The molecule has 1 saturated carbocycles. The second-order valence-electron chi connectivity index (χ2n) is 5.70. The van der Waals surface area contributed by atoms with Gasteiger partial charge in [-0.25, -0.2) is 0 Å². The number of carbonyl (C=O) groups excluding carboxylic acids is 1. The minimum Gasteiger partial charge on any atom is -0.297 e. The van der Waals surface area contributed by atoms with Gasteiger partial charge in [-0.1, -0.05) is 25.7 Å². The van der Waals surface area contributed by atoms with E-state index in [9.17, 15) is 4.79 Å². The van der Waals surface area contributed by atoms with Gasteiger partial charge in [-0.15, -0.1) is 0 Å². The molecule has 1 aromatic heterocycles. The lowest BCUT2D eigenvalue weighted by Crippen LogP contribution is -2.51. The van der Waals surface area contributed by atoms with Crippen LogP contribution in [-0.4, -0.2) is 40.1 Å². The summed E-state index contributed by atoms with van der Waals surface area (Å²) in [6.07, 6.45) is 8.44. The summed E-state index contributed by atoms with van der Waals surface area (Å²) < 4.78 is 1.82. The number of aromatic nitrogens is 2. The lowest BCUT2D eigenvalue weighted by molar-refractivity contribution is 0.0623. The first kappa shape index (κ1) is 14.3. The molecule has 19 heavy (non-hydrogen) atoms. The van der Waals surface area contributed by atoms with E-state index in [1.54, 1.807) is 6.20 Å². The number of hydrogen-bond donors (Lipinski definition) is 0. The van der Waals surface area contributed by atoms with Crippen LogP contribution in [0.4, 0.5) is 0 Å². The maximum Gasteiger partial charge on any atom is 0.200 e. The minimum absolute atomic E-state index is 0.249. The highest BCUT2D eigenvalue weighted by Crippen LogP contribution is 2.34. The Hall–Kier alpha value is -1.16. The number of carbonyl (C=O) groups is 1. The third-order valence-corrected chi connectivity index (χ3v) is 4.46. The molecular weight excluding hydrogens is 238 g/mol. The van der Waals surface area contributed by atoms with Crippen molar-refractivity contribution < 1.29 is 4.79 Å². The third-order valence-electron chi connectivity index (χ3n) is 4.46. The highest BCUT2D eigenvalue weighted by Gasteiger charge is 2.42. The van der Waals surface area contributed by atoms with E-state index in [0.29, 0.717) is 0 Å². The van der Waals surface area contributed by atoms with Crippen LogP contribution in [0.15, 0.2) is 12.3 Å². The topological polar surface area (TPSA) is 38.1 Å². The van der Waals surface area contributed by atoms with E-state index in [0.717, 1.165) is 37.9 Å². The molecule has 1 aliphatic rings. The van der Waals surface area contributed by atoms with Crippen LogP contribution >= 0.6 is 0 Å². The summed E-state index contributed by atoms with van der Waals surface area (Å²) in [4.78, 5) is 15.2. The number of hydrogen-bond acceptors (Lipinski definition) is 3. The molecule has 1 aromatic rings. The Bertz CT molecular complexity index is 428. The predicted molar refractivity (Wildman–Crippen MR) is 76.4 cm³/mol. The Morgan fingerprint density at radius 3 is 2.47 bits per heavy atom. The minimum atomic E-state index is -0.330. The van der Waals surface area contributed by atoms with Gasteiger partial charge in [0.25, 0.3) is 0 Å². The Balaban J connectivity index is 2.35. The second-order valence-corrected chi connectivity index (χ2v) is 5.70. The first-order chi connectivity index (χ1) is 9.12. The summed E-state index contributed by atoms with van der Waals surface area (Å²) >= 11 is 0. The van der Waals surface area contributed by atoms with Crippen molar-refractivity contribution in [2.24, 2.45) is 0 Å². The van der Waals surface area contributed by atoms with Crippen LogP contribution in [-0.2, 0) is 6.54 Å². The molecule has 0 radical (unpaired) electrons. The van der Waals surface area contributed by atoms with E-state index in [1.807, 2.05) is 31.8 Å². The lowest BCUT2D eigenvalue weighted by atomic mass is 9.83. The molecule has 106 valence electrons. The molecule has 1 fully saturated rings. The number of aryl methyl sites for hydroxylation is 1. The zero-order chi connectivity index (χ0) is 13.9. The van der Waals surface area contributed by atoms with Gasteiger partial charge in [-0.3, -0.25) is 14.4 Å². The Kier molecular flexibility index (Phi) is 4.40. The smallest absolute Gasteiger partial charge is 0.200 e. The van der Waals surface area contributed by atoms with Crippen molar-refractivity contribution in [3.63, 3.8) is 0 Å². The number of likely N-dealkylation sites (N-methyl/N-ethyl adjacent to an activating group) is 1. The van der Waals surface area contributed by atoms with E-state index < -0.39 is 0 Å². The number of nitrogens with zero attached hydrogens (tertiary/aromatic N) is 3. The predicted octanol–water partition coefficient (Wildman–Crippen LogP) is 2.74. The molecule has 2 rings (SSSR count).